The van der Waals surface area contributed by atoms with Crippen molar-refractivity contribution in [2.75, 3.05) is 0 Å². The van der Waals surface area contributed by atoms with Crippen LogP contribution in [-0.2, 0) is 0 Å². The topological polar surface area (TPSA) is 72.6 Å². The van der Waals surface area contributed by atoms with E-state index in [0.29, 0.717) is 5.71 Å². The minimum Gasteiger partial charge on any atom is -0.267 e. The van der Waals surface area contributed by atoms with Gasteiger partial charge in [-0.15, -0.1) is 0 Å². The summed E-state index contributed by atoms with van der Waals surface area (Å²) in [6.45, 7) is 0. The summed E-state index contributed by atoms with van der Waals surface area (Å²) in [5.41, 5.74) is 2.17. The predicted molar refractivity (Wildman–Crippen MR) is 95.9 cm³/mol. The lowest BCUT2D eigenvalue weighted by Crippen LogP contribution is -2.08. The number of carbonyl (C=O) groups is 1. The number of rotatable bonds is 4. The fraction of sp³-hybridized carbons (Fsp3) is 0. The van der Waals surface area contributed by atoms with Crippen LogP contribution in [-0.4, -0.2) is 16.5 Å². The Hall–Kier alpha value is -3.60. The van der Waals surface area contributed by atoms with Crippen LogP contribution in [0.1, 0.15) is 21.5 Å². The van der Waals surface area contributed by atoms with E-state index in [1.54, 1.807) is 0 Å². The van der Waals surface area contributed by atoms with Crippen molar-refractivity contribution in [2.45, 2.75) is 0 Å². The van der Waals surface area contributed by atoms with Gasteiger partial charge in [0.2, 0.25) is 0 Å². The molecule has 0 radical (unpaired) electrons. The fourth-order valence-electron chi connectivity index (χ4n) is 2.41. The molecule has 0 aromatic heterocycles. The molecule has 0 saturated carbocycles. The van der Waals surface area contributed by atoms with Gasteiger partial charge in [0.1, 0.15) is 0 Å². The molecule has 0 aliphatic carbocycles. The van der Waals surface area contributed by atoms with Gasteiger partial charge in [0, 0.05) is 28.8 Å². The van der Waals surface area contributed by atoms with E-state index in [0.717, 1.165) is 11.1 Å². The van der Waals surface area contributed by atoms with E-state index in [4.69, 9.17) is 0 Å². The van der Waals surface area contributed by atoms with E-state index in [9.17, 15) is 14.9 Å². The second-order valence-corrected chi connectivity index (χ2v) is 5.31. The number of nitrogens with zero attached hydrogens (tertiary/aromatic N) is 2. The second kappa shape index (κ2) is 7.31. The van der Waals surface area contributed by atoms with Gasteiger partial charge in [0.25, 0.3) is 11.6 Å². The Morgan fingerprint density at radius 1 is 0.760 bits per heavy atom. The average Bonchev–Trinajstić information content (AvgIpc) is 2.67. The summed E-state index contributed by atoms with van der Waals surface area (Å²) in [6.07, 6.45) is 0. The highest BCUT2D eigenvalue weighted by Gasteiger charge is 2.14. The third kappa shape index (κ3) is 3.84. The van der Waals surface area contributed by atoms with Crippen molar-refractivity contribution in [2.24, 2.45) is 4.99 Å². The highest BCUT2D eigenvalue weighted by atomic mass is 16.6. The van der Waals surface area contributed by atoms with Crippen LogP contribution in [0.3, 0.4) is 0 Å². The van der Waals surface area contributed by atoms with E-state index in [1.807, 2.05) is 60.7 Å². The van der Waals surface area contributed by atoms with Crippen LogP contribution in [0.4, 0.5) is 5.69 Å². The Kier molecular flexibility index (Phi) is 4.76. The minimum absolute atomic E-state index is 0.137. The largest absolute Gasteiger partial charge is 0.277 e. The van der Waals surface area contributed by atoms with Gasteiger partial charge in [-0.3, -0.25) is 14.9 Å². The zero-order chi connectivity index (χ0) is 17.6. The monoisotopic (exact) mass is 330 g/mol. The quantitative estimate of drug-likeness (QED) is 0.407. The number of carbonyl (C=O) groups excluding carboxylic acids is 1. The number of benzene rings is 3. The molecule has 5 nitrogen and oxygen atoms in total. The highest BCUT2D eigenvalue weighted by Crippen LogP contribution is 2.16. The number of amides is 1. The van der Waals surface area contributed by atoms with Crippen LogP contribution in [0.25, 0.3) is 0 Å². The van der Waals surface area contributed by atoms with Gasteiger partial charge in [0.05, 0.1) is 10.6 Å². The van der Waals surface area contributed by atoms with Crippen molar-refractivity contribution in [3.63, 3.8) is 0 Å². The van der Waals surface area contributed by atoms with E-state index in [-0.39, 0.29) is 11.3 Å². The first-order valence-corrected chi connectivity index (χ1v) is 7.63. The highest BCUT2D eigenvalue weighted by molar-refractivity contribution is 6.18. The molecule has 0 heterocycles. The molecule has 0 N–H and O–H groups in total. The van der Waals surface area contributed by atoms with Crippen LogP contribution >= 0.6 is 0 Å². The molecule has 0 fully saturated rings. The molecule has 0 bridgehead atoms. The number of nitro groups is 1. The molecule has 0 atom stereocenters. The SMILES string of the molecule is O=C(N=C(c1ccccc1)c1ccccc1)c1cccc([N+](=O)[O-])c1. The summed E-state index contributed by atoms with van der Waals surface area (Å²) in [5, 5.41) is 10.9. The molecular formula is C20H14N2O3. The first kappa shape index (κ1) is 16.3. The van der Waals surface area contributed by atoms with Crippen molar-refractivity contribution in [1.82, 2.24) is 0 Å². The summed E-state index contributed by atoms with van der Waals surface area (Å²) < 4.78 is 0. The van der Waals surface area contributed by atoms with Crippen molar-refractivity contribution < 1.29 is 9.72 Å². The molecule has 0 aliphatic heterocycles. The summed E-state index contributed by atoms with van der Waals surface area (Å²) in [5.74, 6) is -0.522. The van der Waals surface area contributed by atoms with Gasteiger partial charge in [-0.05, 0) is 6.07 Å². The Morgan fingerprint density at radius 3 is 1.80 bits per heavy atom. The maximum Gasteiger partial charge on any atom is 0.277 e. The predicted octanol–water partition coefficient (Wildman–Crippen LogP) is 4.27. The Morgan fingerprint density at radius 2 is 1.28 bits per heavy atom. The van der Waals surface area contributed by atoms with Crippen LogP contribution < -0.4 is 0 Å². The zero-order valence-corrected chi connectivity index (χ0v) is 13.2. The molecule has 25 heavy (non-hydrogen) atoms. The number of hydrogen-bond acceptors (Lipinski definition) is 3. The average molecular weight is 330 g/mol. The normalized spacial score (nSPS) is 10.1. The van der Waals surface area contributed by atoms with Crippen molar-refractivity contribution in [1.29, 1.82) is 0 Å². The smallest absolute Gasteiger partial charge is 0.267 e. The summed E-state index contributed by atoms with van der Waals surface area (Å²) in [4.78, 5) is 27.2. The van der Waals surface area contributed by atoms with Crippen molar-refractivity contribution >= 4 is 17.3 Å². The molecule has 0 aliphatic rings. The van der Waals surface area contributed by atoms with Gasteiger partial charge in [-0.2, -0.15) is 0 Å². The molecule has 3 aromatic carbocycles. The zero-order valence-electron chi connectivity index (χ0n) is 13.2. The third-order valence-electron chi connectivity index (χ3n) is 3.61. The summed E-state index contributed by atoms with van der Waals surface area (Å²) in [7, 11) is 0. The van der Waals surface area contributed by atoms with E-state index in [1.165, 1.54) is 24.3 Å². The Balaban J connectivity index is 2.06. The van der Waals surface area contributed by atoms with E-state index >= 15 is 0 Å². The van der Waals surface area contributed by atoms with Gasteiger partial charge < -0.3 is 0 Å². The molecule has 1 amide bonds. The number of non-ortho nitro benzene ring substituents is 1. The Labute approximate surface area is 144 Å². The minimum atomic E-state index is -0.532. The van der Waals surface area contributed by atoms with Crippen molar-refractivity contribution in [3.8, 4) is 0 Å². The fourth-order valence-corrected chi connectivity index (χ4v) is 2.41. The molecule has 0 saturated heterocycles. The molecule has 0 spiro atoms. The van der Waals surface area contributed by atoms with Crippen LogP contribution in [0.15, 0.2) is 89.9 Å². The van der Waals surface area contributed by atoms with Gasteiger partial charge in [-0.25, -0.2) is 4.99 Å². The maximum atomic E-state index is 12.6. The van der Waals surface area contributed by atoms with Gasteiger partial charge in [0.15, 0.2) is 0 Å². The molecule has 5 heteroatoms. The van der Waals surface area contributed by atoms with Crippen LogP contribution in [0.5, 0.6) is 0 Å². The van der Waals surface area contributed by atoms with E-state index in [2.05, 4.69) is 4.99 Å². The lowest BCUT2D eigenvalue weighted by Gasteiger charge is -2.07. The lowest BCUT2D eigenvalue weighted by atomic mass is 10.0. The van der Waals surface area contributed by atoms with Gasteiger partial charge >= 0.3 is 0 Å². The third-order valence-corrected chi connectivity index (χ3v) is 3.61. The summed E-state index contributed by atoms with van der Waals surface area (Å²) in [6, 6.07) is 24.3. The van der Waals surface area contributed by atoms with Crippen LogP contribution in [0.2, 0.25) is 0 Å². The van der Waals surface area contributed by atoms with E-state index < -0.39 is 10.8 Å². The second-order valence-electron chi connectivity index (χ2n) is 5.31. The lowest BCUT2D eigenvalue weighted by molar-refractivity contribution is -0.384. The first-order chi connectivity index (χ1) is 12.1. The first-order valence-electron chi connectivity index (χ1n) is 7.63. The number of nitro benzene ring substituents is 1. The standard InChI is InChI=1S/C20H14N2O3/c23-20(17-12-7-13-18(14-17)22(24)25)21-19(15-8-3-1-4-9-15)16-10-5-2-6-11-16/h1-14H. The summed E-state index contributed by atoms with van der Waals surface area (Å²) >= 11 is 0. The molecular weight excluding hydrogens is 316 g/mol. The number of hydrogen-bond donors (Lipinski definition) is 0. The maximum absolute atomic E-state index is 12.6. The van der Waals surface area contributed by atoms with Crippen LogP contribution in [0, 0.1) is 10.1 Å². The number of aliphatic imine (C=N–C) groups is 1. The molecule has 122 valence electrons. The molecule has 3 aromatic rings. The molecule has 3 rings (SSSR count). The molecule has 0 unspecified atom stereocenters. The van der Waals surface area contributed by atoms with Crippen molar-refractivity contribution in [3.05, 3.63) is 112 Å². The Bertz CT molecular complexity index is 894. The van der Waals surface area contributed by atoms with Gasteiger partial charge in [-0.1, -0.05) is 66.7 Å².